The number of benzene rings is 1. The molecule has 0 fully saturated rings. The number of H-pyrrole nitrogens is 1. The molecule has 5 aromatic rings. The second-order valence-corrected chi connectivity index (χ2v) is 6.97. The van der Waals surface area contributed by atoms with Gasteiger partial charge < -0.3 is 9.40 Å². The van der Waals surface area contributed by atoms with Gasteiger partial charge in [0.25, 0.3) is 0 Å². The van der Waals surface area contributed by atoms with Gasteiger partial charge in [0.05, 0.1) is 15.6 Å². The number of aromatic amines is 1. The zero-order chi connectivity index (χ0) is 17.7. The molecule has 0 saturated carbocycles. The van der Waals surface area contributed by atoms with E-state index in [4.69, 9.17) is 4.42 Å². The lowest BCUT2D eigenvalue weighted by Crippen LogP contribution is -2.06. The van der Waals surface area contributed by atoms with E-state index in [1.807, 2.05) is 25.1 Å². The molecule has 0 aliphatic rings. The Bertz CT molecular complexity index is 1330. The molecule has 0 aliphatic carbocycles. The Morgan fingerprint density at radius 1 is 1.12 bits per heavy atom. The lowest BCUT2D eigenvalue weighted by molar-refractivity contribution is 0.602. The number of hydrogen-bond donors (Lipinski definition) is 1. The van der Waals surface area contributed by atoms with E-state index >= 15 is 0 Å². The van der Waals surface area contributed by atoms with Crippen molar-refractivity contribution in [1.82, 2.24) is 24.9 Å². The molecule has 1 N–H and O–H groups in total. The van der Waals surface area contributed by atoms with Crippen LogP contribution in [0, 0.1) is 6.92 Å². The number of fused-ring (bicyclic) bond motifs is 2. The molecule has 0 atom stereocenters. The Morgan fingerprint density at radius 2 is 2.04 bits per heavy atom. The first-order valence-corrected chi connectivity index (χ1v) is 8.66. The molecule has 5 rings (SSSR count). The van der Waals surface area contributed by atoms with Crippen LogP contribution < -0.4 is 5.43 Å². The standard InChI is InChI=1S/C18H11N5O2S/c1-9-20-7-14(26-9)17-15(10-2-3-11-13(6-10)25-8-21-11)22-16-12(24)4-5-19-18(16)23-17/h2-8H,1H3,(H,19,23,24). The van der Waals surface area contributed by atoms with Crippen molar-refractivity contribution in [2.75, 3.05) is 0 Å². The summed E-state index contributed by atoms with van der Waals surface area (Å²) >= 11 is 1.53. The highest BCUT2D eigenvalue weighted by atomic mass is 32.1. The number of hydrogen-bond acceptors (Lipinski definition) is 7. The van der Waals surface area contributed by atoms with E-state index in [0.29, 0.717) is 28.1 Å². The molecule has 8 heteroatoms. The van der Waals surface area contributed by atoms with Gasteiger partial charge in [0.15, 0.2) is 23.1 Å². The van der Waals surface area contributed by atoms with Gasteiger partial charge in [0.2, 0.25) is 5.43 Å². The summed E-state index contributed by atoms with van der Waals surface area (Å²) in [5.41, 5.74) is 4.05. The zero-order valence-electron chi connectivity index (χ0n) is 13.6. The normalized spacial score (nSPS) is 11.4. The van der Waals surface area contributed by atoms with Crippen molar-refractivity contribution in [3.63, 3.8) is 0 Å². The van der Waals surface area contributed by atoms with Crippen LogP contribution in [0.15, 0.2) is 52.3 Å². The molecule has 0 amide bonds. The summed E-state index contributed by atoms with van der Waals surface area (Å²) in [5.74, 6) is 0. The number of nitrogens with zero attached hydrogens (tertiary/aromatic N) is 4. The summed E-state index contributed by atoms with van der Waals surface area (Å²) in [4.78, 5) is 33.9. The third-order valence-electron chi connectivity index (χ3n) is 4.04. The van der Waals surface area contributed by atoms with E-state index in [1.165, 1.54) is 23.8 Å². The summed E-state index contributed by atoms with van der Waals surface area (Å²) in [6, 6.07) is 7.05. The van der Waals surface area contributed by atoms with Crippen LogP contribution in [-0.4, -0.2) is 24.9 Å². The Kier molecular flexibility index (Phi) is 3.19. The summed E-state index contributed by atoms with van der Waals surface area (Å²) in [6.45, 7) is 1.94. The Balaban J connectivity index is 1.86. The number of oxazole rings is 1. The number of rotatable bonds is 2. The Labute approximate surface area is 150 Å². The minimum Gasteiger partial charge on any atom is -0.443 e. The highest BCUT2D eigenvalue weighted by Gasteiger charge is 2.17. The second-order valence-electron chi connectivity index (χ2n) is 5.74. The molecule has 0 saturated heterocycles. The van der Waals surface area contributed by atoms with Crippen LogP contribution in [0.2, 0.25) is 0 Å². The molecule has 0 bridgehead atoms. The first-order chi connectivity index (χ1) is 12.7. The van der Waals surface area contributed by atoms with Crippen molar-refractivity contribution in [1.29, 1.82) is 0 Å². The molecule has 0 spiro atoms. The molecule has 0 radical (unpaired) electrons. The van der Waals surface area contributed by atoms with E-state index in [-0.39, 0.29) is 5.43 Å². The van der Waals surface area contributed by atoms with Crippen molar-refractivity contribution >= 4 is 33.6 Å². The number of thiazole rings is 1. The number of nitrogens with one attached hydrogen (secondary N) is 1. The molecular weight excluding hydrogens is 350 g/mol. The lowest BCUT2D eigenvalue weighted by Gasteiger charge is -2.08. The Hall–Kier alpha value is -3.39. The minimum atomic E-state index is -0.180. The van der Waals surface area contributed by atoms with E-state index in [0.717, 1.165) is 21.0 Å². The highest BCUT2D eigenvalue weighted by Crippen LogP contribution is 2.34. The van der Waals surface area contributed by atoms with E-state index < -0.39 is 0 Å². The maximum absolute atomic E-state index is 12.2. The fraction of sp³-hybridized carbons (Fsp3) is 0.0556. The molecule has 0 unspecified atom stereocenters. The molecular formula is C18H11N5O2S. The van der Waals surface area contributed by atoms with Crippen LogP contribution in [-0.2, 0) is 0 Å². The summed E-state index contributed by atoms with van der Waals surface area (Å²) < 4.78 is 5.40. The maximum Gasteiger partial charge on any atom is 0.209 e. The van der Waals surface area contributed by atoms with Gasteiger partial charge in [-0.2, -0.15) is 0 Å². The molecule has 4 heterocycles. The molecule has 1 aromatic carbocycles. The van der Waals surface area contributed by atoms with E-state index in [2.05, 4.69) is 24.9 Å². The quantitative estimate of drug-likeness (QED) is 0.516. The predicted octanol–water partition coefficient (Wildman–Crippen LogP) is 3.56. The molecule has 4 aromatic heterocycles. The average molecular weight is 361 g/mol. The van der Waals surface area contributed by atoms with Crippen LogP contribution in [0.4, 0.5) is 0 Å². The van der Waals surface area contributed by atoms with Crippen molar-refractivity contribution < 1.29 is 4.42 Å². The third kappa shape index (κ3) is 2.31. The van der Waals surface area contributed by atoms with Gasteiger partial charge in [-0.05, 0) is 19.1 Å². The van der Waals surface area contributed by atoms with Gasteiger partial charge in [-0.3, -0.25) is 4.79 Å². The fourth-order valence-corrected chi connectivity index (χ4v) is 3.60. The molecule has 26 heavy (non-hydrogen) atoms. The van der Waals surface area contributed by atoms with Gasteiger partial charge in [0, 0.05) is 24.0 Å². The van der Waals surface area contributed by atoms with Gasteiger partial charge in [0.1, 0.15) is 11.2 Å². The number of aromatic nitrogens is 5. The predicted molar refractivity (Wildman–Crippen MR) is 99.0 cm³/mol. The van der Waals surface area contributed by atoms with Gasteiger partial charge in [-0.15, -0.1) is 11.3 Å². The van der Waals surface area contributed by atoms with Crippen LogP contribution in [0.25, 0.3) is 44.1 Å². The SMILES string of the molecule is Cc1ncc(-c2nc3[nH]ccc(=O)c3nc2-c2ccc3ncoc3c2)s1. The largest absolute Gasteiger partial charge is 0.443 e. The molecule has 0 aliphatic heterocycles. The van der Waals surface area contributed by atoms with Crippen LogP contribution in [0.5, 0.6) is 0 Å². The third-order valence-corrected chi connectivity index (χ3v) is 4.96. The van der Waals surface area contributed by atoms with Crippen LogP contribution in [0.3, 0.4) is 0 Å². The van der Waals surface area contributed by atoms with Gasteiger partial charge >= 0.3 is 0 Å². The average Bonchev–Trinajstić information content (AvgIpc) is 3.29. The summed E-state index contributed by atoms with van der Waals surface area (Å²) in [7, 11) is 0. The first-order valence-electron chi connectivity index (χ1n) is 7.85. The fourth-order valence-electron chi connectivity index (χ4n) is 2.83. The van der Waals surface area contributed by atoms with Crippen molar-refractivity contribution in [2.45, 2.75) is 6.92 Å². The number of pyridine rings is 1. The smallest absolute Gasteiger partial charge is 0.209 e. The van der Waals surface area contributed by atoms with E-state index in [9.17, 15) is 4.79 Å². The minimum absolute atomic E-state index is 0.180. The first kappa shape index (κ1) is 14.9. The highest BCUT2D eigenvalue weighted by molar-refractivity contribution is 7.15. The van der Waals surface area contributed by atoms with Crippen molar-refractivity contribution in [3.05, 3.63) is 58.3 Å². The summed E-state index contributed by atoms with van der Waals surface area (Å²) in [6.07, 6.45) is 4.74. The van der Waals surface area contributed by atoms with E-state index in [1.54, 1.807) is 12.4 Å². The van der Waals surface area contributed by atoms with Crippen LogP contribution >= 0.6 is 11.3 Å². The van der Waals surface area contributed by atoms with Crippen molar-refractivity contribution in [3.8, 4) is 21.8 Å². The molecule has 7 nitrogen and oxygen atoms in total. The maximum atomic E-state index is 12.2. The second kappa shape index (κ2) is 5.57. The van der Waals surface area contributed by atoms with Gasteiger partial charge in [-0.25, -0.2) is 19.9 Å². The number of aryl methyl sites for hydroxylation is 1. The lowest BCUT2D eigenvalue weighted by atomic mass is 10.1. The van der Waals surface area contributed by atoms with Crippen molar-refractivity contribution in [2.24, 2.45) is 0 Å². The topological polar surface area (TPSA) is 97.6 Å². The summed E-state index contributed by atoms with van der Waals surface area (Å²) in [5, 5.41) is 0.931. The van der Waals surface area contributed by atoms with Crippen LogP contribution in [0.1, 0.15) is 5.01 Å². The monoisotopic (exact) mass is 361 g/mol. The van der Waals surface area contributed by atoms with Gasteiger partial charge in [-0.1, -0.05) is 6.07 Å². The molecule has 126 valence electrons. The Morgan fingerprint density at radius 3 is 2.88 bits per heavy atom. The zero-order valence-corrected chi connectivity index (χ0v) is 14.4.